The average molecular weight is 352 g/mol. The second-order valence-electron chi connectivity index (χ2n) is 6.38. The Morgan fingerprint density at radius 1 is 1.23 bits per heavy atom. The third-order valence-electron chi connectivity index (χ3n) is 4.41. The molecule has 0 aliphatic carbocycles. The van der Waals surface area contributed by atoms with E-state index in [1.807, 2.05) is 24.3 Å². The van der Waals surface area contributed by atoms with Crippen molar-refractivity contribution in [1.29, 1.82) is 0 Å². The van der Waals surface area contributed by atoms with Crippen molar-refractivity contribution in [3.05, 3.63) is 71.0 Å². The van der Waals surface area contributed by atoms with Gasteiger partial charge in [-0.1, -0.05) is 24.3 Å². The third kappa shape index (κ3) is 4.36. The predicted molar refractivity (Wildman–Crippen MR) is 100 cm³/mol. The SMILES string of the molecule is Cc1ccc(CNC(=O)/C=C/c2ccc(N3CCCC3=O)cc2)cc1F. The Morgan fingerprint density at radius 2 is 2.00 bits per heavy atom. The maximum atomic E-state index is 13.5. The fourth-order valence-corrected chi connectivity index (χ4v) is 2.85. The van der Waals surface area contributed by atoms with Crippen LogP contribution in [0.3, 0.4) is 0 Å². The Morgan fingerprint density at radius 3 is 2.65 bits per heavy atom. The normalized spacial score (nSPS) is 14.2. The number of amides is 2. The van der Waals surface area contributed by atoms with Crippen LogP contribution in [0.5, 0.6) is 0 Å². The molecule has 0 radical (unpaired) electrons. The number of hydrogen-bond donors (Lipinski definition) is 1. The van der Waals surface area contributed by atoms with Crippen molar-refractivity contribution in [2.45, 2.75) is 26.3 Å². The number of nitrogens with one attached hydrogen (secondary N) is 1. The molecule has 0 spiro atoms. The maximum absolute atomic E-state index is 13.5. The van der Waals surface area contributed by atoms with Gasteiger partial charge in [-0.05, 0) is 54.3 Å². The second-order valence-corrected chi connectivity index (χ2v) is 6.38. The molecule has 2 amide bonds. The molecule has 1 aliphatic heterocycles. The molecular formula is C21H21FN2O2. The summed E-state index contributed by atoms with van der Waals surface area (Å²) in [6, 6.07) is 12.4. The maximum Gasteiger partial charge on any atom is 0.244 e. The van der Waals surface area contributed by atoms with E-state index in [1.54, 1.807) is 30.0 Å². The fraction of sp³-hybridized carbons (Fsp3) is 0.238. The van der Waals surface area contributed by atoms with Gasteiger partial charge in [0.1, 0.15) is 5.82 Å². The molecule has 0 aromatic heterocycles. The third-order valence-corrected chi connectivity index (χ3v) is 4.41. The van der Waals surface area contributed by atoms with Gasteiger partial charge in [-0.3, -0.25) is 9.59 Å². The van der Waals surface area contributed by atoms with Crippen LogP contribution in [0.4, 0.5) is 10.1 Å². The summed E-state index contributed by atoms with van der Waals surface area (Å²) >= 11 is 0. The number of carbonyl (C=O) groups excluding carboxylic acids is 2. The van der Waals surface area contributed by atoms with E-state index in [1.165, 1.54) is 12.1 Å². The summed E-state index contributed by atoms with van der Waals surface area (Å²) in [5, 5.41) is 2.73. The van der Waals surface area contributed by atoms with Gasteiger partial charge in [0.05, 0.1) is 0 Å². The summed E-state index contributed by atoms with van der Waals surface area (Å²) in [6.45, 7) is 2.73. The number of halogens is 1. The van der Waals surface area contributed by atoms with Gasteiger partial charge in [0.15, 0.2) is 0 Å². The molecule has 2 aromatic rings. The molecule has 2 aromatic carbocycles. The van der Waals surface area contributed by atoms with Crippen molar-refractivity contribution < 1.29 is 14.0 Å². The van der Waals surface area contributed by atoms with Gasteiger partial charge in [-0.25, -0.2) is 4.39 Å². The Labute approximate surface area is 152 Å². The molecule has 26 heavy (non-hydrogen) atoms. The molecule has 1 N–H and O–H groups in total. The van der Waals surface area contributed by atoms with E-state index in [9.17, 15) is 14.0 Å². The molecular weight excluding hydrogens is 331 g/mol. The molecule has 1 aliphatic rings. The zero-order valence-electron chi connectivity index (χ0n) is 14.7. The van der Waals surface area contributed by atoms with E-state index in [0.717, 1.165) is 29.8 Å². The lowest BCUT2D eigenvalue weighted by molar-refractivity contribution is -0.117. The summed E-state index contributed by atoms with van der Waals surface area (Å²) < 4.78 is 13.5. The number of hydrogen-bond acceptors (Lipinski definition) is 2. The summed E-state index contributed by atoms with van der Waals surface area (Å²) in [5.41, 5.74) is 3.06. The molecule has 0 unspecified atom stereocenters. The minimum Gasteiger partial charge on any atom is -0.348 e. The molecule has 4 nitrogen and oxygen atoms in total. The molecule has 0 saturated carbocycles. The van der Waals surface area contributed by atoms with Crippen LogP contribution in [0, 0.1) is 12.7 Å². The van der Waals surface area contributed by atoms with Crippen LogP contribution in [0.2, 0.25) is 0 Å². The summed E-state index contributed by atoms with van der Waals surface area (Å²) in [7, 11) is 0. The topological polar surface area (TPSA) is 49.4 Å². The van der Waals surface area contributed by atoms with Crippen molar-refractivity contribution in [3.8, 4) is 0 Å². The minimum atomic E-state index is -0.274. The Hall–Kier alpha value is -2.95. The van der Waals surface area contributed by atoms with Crippen LogP contribution >= 0.6 is 0 Å². The van der Waals surface area contributed by atoms with Crippen LogP contribution in [-0.2, 0) is 16.1 Å². The van der Waals surface area contributed by atoms with Crippen molar-refractivity contribution in [2.75, 3.05) is 11.4 Å². The molecule has 1 heterocycles. The zero-order valence-corrected chi connectivity index (χ0v) is 14.7. The highest BCUT2D eigenvalue weighted by Gasteiger charge is 2.21. The van der Waals surface area contributed by atoms with Gasteiger partial charge < -0.3 is 10.2 Å². The van der Waals surface area contributed by atoms with E-state index in [2.05, 4.69) is 5.32 Å². The monoisotopic (exact) mass is 352 g/mol. The van der Waals surface area contributed by atoms with Gasteiger partial charge >= 0.3 is 0 Å². The smallest absolute Gasteiger partial charge is 0.244 e. The van der Waals surface area contributed by atoms with E-state index in [4.69, 9.17) is 0 Å². The first-order valence-corrected chi connectivity index (χ1v) is 8.64. The summed E-state index contributed by atoms with van der Waals surface area (Å²) in [5.74, 6) is -0.367. The molecule has 3 rings (SSSR count). The quantitative estimate of drug-likeness (QED) is 0.836. The van der Waals surface area contributed by atoms with Crippen molar-refractivity contribution in [3.63, 3.8) is 0 Å². The highest BCUT2D eigenvalue weighted by atomic mass is 19.1. The number of benzene rings is 2. The Bertz CT molecular complexity index is 844. The first kappa shape index (κ1) is 17.9. The van der Waals surface area contributed by atoms with Gasteiger partial charge in [0, 0.05) is 31.3 Å². The van der Waals surface area contributed by atoms with E-state index in [0.29, 0.717) is 12.0 Å². The van der Waals surface area contributed by atoms with Crippen LogP contribution in [0.25, 0.3) is 6.08 Å². The lowest BCUT2D eigenvalue weighted by Gasteiger charge is -2.15. The van der Waals surface area contributed by atoms with Crippen molar-refractivity contribution >= 4 is 23.6 Å². The minimum absolute atomic E-state index is 0.153. The molecule has 1 fully saturated rings. The fourth-order valence-electron chi connectivity index (χ4n) is 2.85. The van der Waals surface area contributed by atoms with Crippen LogP contribution in [0.1, 0.15) is 29.5 Å². The standard InChI is InChI=1S/C21H21FN2O2/c1-15-4-5-17(13-19(15)22)14-23-20(25)11-8-16-6-9-18(10-7-16)24-12-2-3-21(24)26/h4-11,13H,2-3,12,14H2,1H3,(H,23,25)/b11-8+. The first-order chi connectivity index (χ1) is 12.5. The highest BCUT2D eigenvalue weighted by molar-refractivity contribution is 5.95. The van der Waals surface area contributed by atoms with Crippen LogP contribution in [-0.4, -0.2) is 18.4 Å². The highest BCUT2D eigenvalue weighted by Crippen LogP contribution is 2.21. The van der Waals surface area contributed by atoms with E-state index in [-0.39, 0.29) is 24.2 Å². The Balaban J connectivity index is 1.54. The molecule has 0 atom stereocenters. The molecule has 0 bridgehead atoms. The Kier molecular flexibility index (Phi) is 5.46. The van der Waals surface area contributed by atoms with Gasteiger partial charge in [-0.15, -0.1) is 0 Å². The average Bonchev–Trinajstić information content (AvgIpc) is 3.07. The molecule has 134 valence electrons. The number of rotatable bonds is 5. The molecule has 1 saturated heterocycles. The summed E-state index contributed by atoms with van der Waals surface area (Å²) in [6.07, 6.45) is 4.65. The van der Waals surface area contributed by atoms with Crippen molar-refractivity contribution in [2.24, 2.45) is 0 Å². The van der Waals surface area contributed by atoms with Crippen LogP contribution in [0.15, 0.2) is 48.5 Å². The summed E-state index contributed by atoms with van der Waals surface area (Å²) in [4.78, 5) is 25.4. The van der Waals surface area contributed by atoms with Gasteiger partial charge in [0.2, 0.25) is 11.8 Å². The number of aryl methyl sites for hydroxylation is 1. The largest absolute Gasteiger partial charge is 0.348 e. The van der Waals surface area contributed by atoms with Gasteiger partial charge in [-0.2, -0.15) is 0 Å². The zero-order chi connectivity index (χ0) is 18.5. The number of nitrogens with zero attached hydrogens (tertiary/aromatic N) is 1. The lowest BCUT2D eigenvalue weighted by Crippen LogP contribution is -2.23. The number of carbonyl (C=O) groups is 2. The number of anilines is 1. The lowest BCUT2D eigenvalue weighted by atomic mass is 10.1. The second kappa shape index (κ2) is 7.95. The van der Waals surface area contributed by atoms with E-state index < -0.39 is 0 Å². The van der Waals surface area contributed by atoms with Gasteiger partial charge in [0.25, 0.3) is 0 Å². The first-order valence-electron chi connectivity index (χ1n) is 8.64. The molecule has 5 heteroatoms. The van der Waals surface area contributed by atoms with Crippen molar-refractivity contribution in [1.82, 2.24) is 5.32 Å². The predicted octanol–water partition coefficient (Wildman–Crippen LogP) is 3.59. The van der Waals surface area contributed by atoms with E-state index >= 15 is 0 Å². The van der Waals surface area contributed by atoms with Crippen LogP contribution < -0.4 is 10.2 Å².